The SMILES string of the molecule is CCN1c2ccccc2[C@@H]2C(c3ccccc3)=NN(c3ccc(Cl)cc3)[C@@H]21. The maximum Gasteiger partial charge on any atom is 0.136 e. The highest BCUT2D eigenvalue weighted by Gasteiger charge is 2.48. The highest BCUT2D eigenvalue weighted by atomic mass is 35.5. The molecule has 0 fully saturated rings. The van der Waals surface area contributed by atoms with E-state index in [1.165, 1.54) is 16.8 Å². The monoisotopic (exact) mass is 373 g/mol. The van der Waals surface area contributed by atoms with Crippen molar-refractivity contribution in [1.82, 2.24) is 0 Å². The fourth-order valence-corrected chi connectivity index (χ4v) is 4.43. The number of para-hydroxylation sites is 1. The summed E-state index contributed by atoms with van der Waals surface area (Å²) in [5.74, 6) is 0.222. The molecule has 27 heavy (non-hydrogen) atoms. The Bertz CT molecular complexity index is 998. The number of benzene rings is 3. The number of likely N-dealkylation sites (N-methyl/N-ethyl adjacent to an activating group) is 1. The quantitative estimate of drug-likeness (QED) is 0.602. The molecule has 0 bridgehead atoms. The maximum atomic E-state index is 6.12. The average molecular weight is 374 g/mol. The first kappa shape index (κ1) is 16.4. The van der Waals surface area contributed by atoms with E-state index in [0.29, 0.717) is 0 Å². The number of hydrogen-bond acceptors (Lipinski definition) is 3. The molecule has 0 N–H and O–H groups in total. The topological polar surface area (TPSA) is 18.8 Å². The predicted molar refractivity (Wildman–Crippen MR) is 113 cm³/mol. The van der Waals surface area contributed by atoms with E-state index in [1.807, 2.05) is 30.3 Å². The number of fused-ring (bicyclic) bond motifs is 3. The van der Waals surface area contributed by atoms with E-state index in [2.05, 4.69) is 65.4 Å². The summed E-state index contributed by atoms with van der Waals surface area (Å²) in [6, 6.07) is 27.2. The largest absolute Gasteiger partial charge is 0.349 e. The Hall–Kier alpha value is -2.78. The molecule has 3 nitrogen and oxygen atoms in total. The van der Waals surface area contributed by atoms with Crippen LogP contribution in [0.5, 0.6) is 0 Å². The molecule has 2 atom stereocenters. The third kappa shape index (κ3) is 2.54. The Labute approximate surface area is 164 Å². The van der Waals surface area contributed by atoms with Gasteiger partial charge in [-0.15, -0.1) is 0 Å². The van der Waals surface area contributed by atoms with Gasteiger partial charge in [0.15, 0.2) is 0 Å². The van der Waals surface area contributed by atoms with Crippen molar-refractivity contribution in [1.29, 1.82) is 0 Å². The first-order valence-corrected chi connectivity index (χ1v) is 9.70. The Morgan fingerprint density at radius 2 is 1.59 bits per heavy atom. The molecule has 0 aromatic heterocycles. The van der Waals surface area contributed by atoms with Gasteiger partial charge in [0.25, 0.3) is 0 Å². The summed E-state index contributed by atoms with van der Waals surface area (Å²) in [5, 5.41) is 8.00. The molecule has 134 valence electrons. The molecule has 0 spiro atoms. The fourth-order valence-electron chi connectivity index (χ4n) is 4.30. The highest BCUT2D eigenvalue weighted by Crippen LogP contribution is 2.48. The molecular weight excluding hydrogens is 354 g/mol. The second-order valence-electron chi connectivity index (χ2n) is 6.91. The maximum absolute atomic E-state index is 6.12. The van der Waals surface area contributed by atoms with Gasteiger partial charge in [0.2, 0.25) is 0 Å². The standard InChI is InChI=1S/C23H20ClN3/c1-2-26-20-11-7-6-10-19(20)21-22(16-8-4-3-5-9-16)25-27(23(21)26)18-14-12-17(24)13-15-18/h3-15,21,23H,2H2,1H3/t21-,23+/m1/s1. The zero-order chi connectivity index (χ0) is 18.4. The van der Waals surface area contributed by atoms with E-state index in [0.717, 1.165) is 23.0 Å². The summed E-state index contributed by atoms with van der Waals surface area (Å²) in [4.78, 5) is 2.45. The van der Waals surface area contributed by atoms with Gasteiger partial charge in [0.05, 0.1) is 17.3 Å². The molecule has 4 heteroatoms. The molecule has 2 aliphatic heterocycles. The average Bonchev–Trinajstić information content (AvgIpc) is 3.25. The van der Waals surface area contributed by atoms with Crippen LogP contribution in [0.2, 0.25) is 5.02 Å². The molecule has 5 rings (SSSR count). The summed E-state index contributed by atoms with van der Waals surface area (Å²) < 4.78 is 0. The van der Waals surface area contributed by atoms with E-state index < -0.39 is 0 Å². The number of anilines is 2. The van der Waals surface area contributed by atoms with Gasteiger partial charge in [-0.1, -0.05) is 60.1 Å². The second kappa shape index (κ2) is 6.43. The summed E-state index contributed by atoms with van der Waals surface area (Å²) in [5.41, 5.74) is 6.02. The van der Waals surface area contributed by atoms with Crippen LogP contribution >= 0.6 is 11.6 Å². The minimum Gasteiger partial charge on any atom is -0.349 e. The van der Waals surface area contributed by atoms with Crippen molar-refractivity contribution in [3.63, 3.8) is 0 Å². The van der Waals surface area contributed by atoms with Crippen LogP contribution in [-0.4, -0.2) is 18.4 Å². The van der Waals surface area contributed by atoms with Crippen molar-refractivity contribution in [3.05, 3.63) is 95.0 Å². The van der Waals surface area contributed by atoms with Gasteiger partial charge in [-0.2, -0.15) is 5.10 Å². The van der Waals surface area contributed by atoms with Gasteiger partial charge in [0, 0.05) is 17.3 Å². The lowest BCUT2D eigenvalue weighted by atomic mass is 9.90. The summed E-state index contributed by atoms with van der Waals surface area (Å²) in [6.07, 6.45) is 0.142. The smallest absolute Gasteiger partial charge is 0.136 e. The Kier molecular flexibility index (Phi) is 3.91. The van der Waals surface area contributed by atoms with E-state index in [9.17, 15) is 0 Å². The number of hydrogen-bond donors (Lipinski definition) is 0. The molecule has 0 aliphatic carbocycles. The van der Waals surface area contributed by atoms with Crippen molar-refractivity contribution < 1.29 is 0 Å². The third-order valence-corrected chi connectivity index (χ3v) is 5.71. The van der Waals surface area contributed by atoms with Crippen LogP contribution in [0.15, 0.2) is 84.0 Å². The molecule has 0 saturated heterocycles. The predicted octanol–water partition coefficient (Wildman–Crippen LogP) is 5.51. The fraction of sp³-hybridized carbons (Fsp3) is 0.174. The van der Waals surface area contributed by atoms with Crippen LogP contribution in [0.1, 0.15) is 24.0 Å². The van der Waals surface area contributed by atoms with Crippen LogP contribution in [-0.2, 0) is 0 Å². The zero-order valence-electron chi connectivity index (χ0n) is 15.1. The van der Waals surface area contributed by atoms with E-state index in [1.54, 1.807) is 0 Å². The highest BCUT2D eigenvalue weighted by molar-refractivity contribution is 6.30. The van der Waals surface area contributed by atoms with E-state index in [-0.39, 0.29) is 12.1 Å². The number of rotatable bonds is 3. The van der Waals surface area contributed by atoms with Gasteiger partial charge in [-0.05, 0) is 48.4 Å². The molecule has 0 amide bonds. The van der Waals surface area contributed by atoms with E-state index >= 15 is 0 Å². The molecule has 0 unspecified atom stereocenters. The molecule has 3 aromatic carbocycles. The van der Waals surface area contributed by atoms with Crippen molar-refractivity contribution in [3.8, 4) is 0 Å². The van der Waals surface area contributed by atoms with Crippen LogP contribution in [0.25, 0.3) is 0 Å². The lowest BCUT2D eigenvalue weighted by Crippen LogP contribution is -2.43. The normalized spacial score (nSPS) is 20.4. The van der Waals surface area contributed by atoms with Gasteiger partial charge in [0.1, 0.15) is 6.17 Å². The Morgan fingerprint density at radius 1 is 0.889 bits per heavy atom. The molecule has 0 saturated carbocycles. The Morgan fingerprint density at radius 3 is 2.33 bits per heavy atom. The van der Waals surface area contributed by atoms with Crippen molar-refractivity contribution in [2.75, 3.05) is 16.5 Å². The number of nitrogens with zero attached hydrogens (tertiary/aromatic N) is 3. The molecular formula is C23H20ClN3. The van der Waals surface area contributed by atoms with E-state index in [4.69, 9.17) is 16.7 Å². The van der Waals surface area contributed by atoms with Crippen molar-refractivity contribution in [2.24, 2.45) is 5.10 Å². The van der Waals surface area contributed by atoms with Gasteiger partial charge < -0.3 is 4.90 Å². The Balaban J connectivity index is 1.69. The third-order valence-electron chi connectivity index (χ3n) is 5.46. The summed E-state index contributed by atoms with van der Waals surface area (Å²) in [6.45, 7) is 3.14. The molecule has 2 aliphatic rings. The molecule has 0 radical (unpaired) electrons. The first-order chi connectivity index (χ1) is 13.3. The second-order valence-corrected chi connectivity index (χ2v) is 7.34. The number of halogens is 1. The first-order valence-electron chi connectivity index (χ1n) is 9.32. The molecule has 2 heterocycles. The minimum absolute atomic E-state index is 0.142. The van der Waals surface area contributed by atoms with Gasteiger partial charge in [-0.3, -0.25) is 0 Å². The van der Waals surface area contributed by atoms with Crippen LogP contribution in [0.3, 0.4) is 0 Å². The van der Waals surface area contributed by atoms with Gasteiger partial charge in [-0.25, -0.2) is 5.01 Å². The summed E-state index contributed by atoms with van der Waals surface area (Å²) in [7, 11) is 0. The van der Waals surface area contributed by atoms with Crippen LogP contribution < -0.4 is 9.91 Å². The lowest BCUT2D eigenvalue weighted by Gasteiger charge is -2.32. The number of hydrazone groups is 1. The van der Waals surface area contributed by atoms with Crippen molar-refractivity contribution >= 4 is 28.7 Å². The minimum atomic E-state index is 0.142. The van der Waals surface area contributed by atoms with Gasteiger partial charge >= 0.3 is 0 Å². The van der Waals surface area contributed by atoms with Crippen LogP contribution in [0, 0.1) is 0 Å². The zero-order valence-corrected chi connectivity index (χ0v) is 15.8. The summed E-state index contributed by atoms with van der Waals surface area (Å²) >= 11 is 6.12. The molecule has 3 aromatic rings. The van der Waals surface area contributed by atoms with Crippen LogP contribution in [0.4, 0.5) is 11.4 Å². The lowest BCUT2D eigenvalue weighted by molar-refractivity contribution is 0.608. The van der Waals surface area contributed by atoms with Crippen molar-refractivity contribution in [2.45, 2.75) is 19.0 Å².